The van der Waals surface area contributed by atoms with Crippen LogP contribution in [0.4, 0.5) is 0 Å². The van der Waals surface area contributed by atoms with Gasteiger partial charge >= 0.3 is 5.97 Å². The lowest BCUT2D eigenvalue weighted by Gasteiger charge is -2.30. The Labute approximate surface area is 160 Å². The fraction of sp³-hybridized carbons (Fsp3) is 0.529. The predicted octanol–water partition coefficient (Wildman–Crippen LogP) is 1.56. The molecule has 0 saturated heterocycles. The number of carbonyl (C=O) groups excluding carboxylic acids is 1. The van der Waals surface area contributed by atoms with Gasteiger partial charge < -0.3 is 15.8 Å². The first kappa shape index (κ1) is 18.9. The SMILES string of the molecule is COC(=O)Cn1nnnc1C(NC1CCC(N)CC1)c1cccc(Br)c1. The molecular formula is C17H23BrN6O2. The van der Waals surface area contributed by atoms with Crippen LogP contribution < -0.4 is 11.1 Å². The van der Waals surface area contributed by atoms with Crippen molar-refractivity contribution in [1.82, 2.24) is 25.5 Å². The Hall–Kier alpha value is -1.84. The van der Waals surface area contributed by atoms with E-state index in [0.717, 1.165) is 35.7 Å². The topological polar surface area (TPSA) is 108 Å². The van der Waals surface area contributed by atoms with Crippen molar-refractivity contribution in [2.75, 3.05) is 7.11 Å². The minimum Gasteiger partial charge on any atom is -0.468 e. The molecule has 1 heterocycles. The van der Waals surface area contributed by atoms with Gasteiger partial charge in [0.2, 0.25) is 0 Å². The largest absolute Gasteiger partial charge is 0.468 e. The molecule has 0 spiro atoms. The van der Waals surface area contributed by atoms with Crippen molar-refractivity contribution < 1.29 is 9.53 Å². The van der Waals surface area contributed by atoms with E-state index in [0.29, 0.717) is 11.9 Å². The van der Waals surface area contributed by atoms with Gasteiger partial charge in [-0.2, -0.15) is 0 Å². The van der Waals surface area contributed by atoms with Crippen LogP contribution in [0.15, 0.2) is 28.7 Å². The molecule has 0 aliphatic heterocycles. The summed E-state index contributed by atoms with van der Waals surface area (Å²) in [6.45, 7) is -0.0272. The Bertz CT molecular complexity index is 744. The maximum absolute atomic E-state index is 11.7. The normalized spacial score (nSPS) is 21.3. The molecule has 1 aliphatic rings. The predicted molar refractivity (Wildman–Crippen MR) is 99.2 cm³/mol. The monoisotopic (exact) mass is 422 g/mol. The van der Waals surface area contributed by atoms with E-state index in [-0.39, 0.29) is 18.6 Å². The van der Waals surface area contributed by atoms with Crippen LogP contribution in [-0.4, -0.2) is 45.4 Å². The number of halogens is 1. The van der Waals surface area contributed by atoms with Crippen molar-refractivity contribution >= 4 is 21.9 Å². The summed E-state index contributed by atoms with van der Waals surface area (Å²) < 4.78 is 7.20. The Morgan fingerprint density at radius 3 is 2.88 bits per heavy atom. The summed E-state index contributed by atoms with van der Waals surface area (Å²) in [5, 5.41) is 15.6. The maximum Gasteiger partial charge on any atom is 0.327 e. The van der Waals surface area contributed by atoms with Crippen LogP contribution in [-0.2, 0) is 16.1 Å². The molecular weight excluding hydrogens is 400 g/mol. The van der Waals surface area contributed by atoms with Crippen molar-refractivity contribution in [3.05, 3.63) is 40.1 Å². The number of esters is 1. The number of carbonyl (C=O) groups is 1. The molecule has 2 aromatic rings. The highest BCUT2D eigenvalue weighted by Crippen LogP contribution is 2.26. The number of hydrogen-bond donors (Lipinski definition) is 2. The van der Waals surface area contributed by atoms with Crippen molar-refractivity contribution in [2.24, 2.45) is 5.73 Å². The van der Waals surface area contributed by atoms with E-state index in [9.17, 15) is 4.79 Å². The lowest BCUT2D eigenvalue weighted by atomic mass is 9.90. The second-order valence-electron chi connectivity index (χ2n) is 6.54. The van der Waals surface area contributed by atoms with Gasteiger partial charge in [0, 0.05) is 16.6 Å². The third kappa shape index (κ3) is 4.66. The lowest BCUT2D eigenvalue weighted by Crippen LogP contribution is -2.40. The maximum atomic E-state index is 11.7. The van der Waals surface area contributed by atoms with Crippen LogP contribution in [0.3, 0.4) is 0 Å². The number of methoxy groups -OCH3 is 1. The number of nitrogens with zero attached hydrogens (tertiary/aromatic N) is 4. The molecule has 1 atom stereocenters. The molecule has 1 aromatic carbocycles. The second-order valence-corrected chi connectivity index (χ2v) is 7.45. The quantitative estimate of drug-likeness (QED) is 0.679. The van der Waals surface area contributed by atoms with Crippen molar-refractivity contribution in [1.29, 1.82) is 0 Å². The van der Waals surface area contributed by atoms with Gasteiger partial charge in [-0.3, -0.25) is 4.79 Å². The molecule has 0 bridgehead atoms. The van der Waals surface area contributed by atoms with E-state index in [1.165, 1.54) is 11.8 Å². The van der Waals surface area contributed by atoms with Gasteiger partial charge in [0.15, 0.2) is 5.82 Å². The zero-order chi connectivity index (χ0) is 18.5. The first-order valence-corrected chi connectivity index (χ1v) is 9.46. The summed E-state index contributed by atoms with van der Waals surface area (Å²) in [5.74, 6) is 0.193. The molecule has 8 nitrogen and oxygen atoms in total. The van der Waals surface area contributed by atoms with E-state index in [1.54, 1.807) is 0 Å². The smallest absolute Gasteiger partial charge is 0.327 e. The molecule has 1 fully saturated rings. The number of ether oxygens (including phenoxy) is 1. The van der Waals surface area contributed by atoms with Gasteiger partial charge in [0.05, 0.1) is 13.2 Å². The van der Waals surface area contributed by atoms with E-state index in [4.69, 9.17) is 10.5 Å². The molecule has 1 aromatic heterocycles. The summed E-state index contributed by atoms with van der Waals surface area (Å²) in [5.41, 5.74) is 7.05. The molecule has 0 radical (unpaired) electrons. The summed E-state index contributed by atoms with van der Waals surface area (Å²) in [7, 11) is 1.35. The van der Waals surface area contributed by atoms with Crippen LogP contribution in [0.1, 0.15) is 43.1 Å². The fourth-order valence-corrected chi connectivity index (χ4v) is 3.66. The van der Waals surface area contributed by atoms with Crippen LogP contribution in [0, 0.1) is 0 Å². The zero-order valence-electron chi connectivity index (χ0n) is 14.6. The highest BCUT2D eigenvalue weighted by molar-refractivity contribution is 9.10. The number of tetrazole rings is 1. The van der Waals surface area contributed by atoms with Gasteiger partial charge in [-0.05, 0) is 53.8 Å². The third-order valence-corrected chi connectivity index (χ3v) is 5.17. The molecule has 1 aliphatic carbocycles. The molecule has 26 heavy (non-hydrogen) atoms. The second kappa shape index (κ2) is 8.70. The van der Waals surface area contributed by atoms with Gasteiger partial charge in [0.1, 0.15) is 6.54 Å². The van der Waals surface area contributed by atoms with Gasteiger partial charge in [0.25, 0.3) is 0 Å². The van der Waals surface area contributed by atoms with E-state index in [2.05, 4.69) is 36.8 Å². The third-order valence-electron chi connectivity index (χ3n) is 4.68. The average Bonchev–Trinajstić information content (AvgIpc) is 3.08. The summed E-state index contributed by atoms with van der Waals surface area (Å²) >= 11 is 3.52. The van der Waals surface area contributed by atoms with Gasteiger partial charge in [-0.1, -0.05) is 28.1 Å². The first-order chi connectivity index (χ1) is 12.6. The van der Waals surface area contributed by atoms with Crippen LogP contribution in [0.2, 0.25) is 0 Å². The van der Waals surface area contributed by atoms with E-state index >= 15 is 0 Å². The molecule has 140 valence electrons. The molecule has 1 unspecified atom stereocenters. The van der Waals surface area contributed by atoms with Crippen molar-refractivity contribution in [3.8, 4) is 0 Å². The number of benzene rings is 1. The van der Waals surface area contributed by atoms with Crippen LogP contribution >= 0.6 is 15.9 Å². The number of nitrogens with one attached hydrogen (secondary N) is 1. The minimum absolute atomic E-state index is 0.0272. The van der Waals surface area contributed by atoms with Crippen molar-refractivity contribution in [2.45, 2.75) is 50.4 Å². The Morgan fingerprint density at radius 1 is 1.42 bits per heavy atom. The highest BCUT2D eigenvalue weighted by atomic mass is 79.9. The molecule has 9 heteroatoms. The number of rotatable bonds is 6. The van der Waals surface area contributed by atoms with E-state index < -0.39 is 5.97 Å². The lowest BCUT2D eigenvalue weighted by molar-refractivity contribution is -0.141. The Morgan fingerprint density at radius 2 is 2.19 bits per heavy atom. The Balaban J connectivity index is 1.88. The standard InChI is InChI=1S/C17H23BrN6O2/c1-26-15(25)10-24-17(21-22-23-24)16(11-3-2-4-12(18)9-11)20-14-7-5-13(19)6-8-14/h2-4,9,13-14,16,20H,5-8,10,19H2,1H3. The fourth-order valence-electron chi connectivity index (χ4n) is 3.25. The van der Waals surface area contributed by atoms with E-state index in [1.807, 2.05) is 24.3 Å². The van der Waals surface area contributed by atoms with Crippen molar-refractivity contribution in [3.63, 3.8) is 0 Å². The molecule has 0 amide bonds. The Kier molecular flexibility index (Phi) is 6.33. The molecule has 1 saturated carbocycles. The number of nitrogens with two attached hydrogens (primary N) is 1. The highest BCUT2D eigenvalue weighted by Gasteiger charge is 2.27. The summed E-state index contributed by atoms with van der Waals surface area (Å²) in [6.07, 6.45) is 4.00. The number of hydrogen-bond acceptors (Lipinski definition) is 7. The van der Waals surface area contributed by atoms with Crippen LogP contribution in [0.25, 0.3) is 0 Å². The van der Waals surface area contributed by atoms with Gasteiger partial charge in [-0.25, -0.2) is 4.68 Å². The molecule has 3 rings (SSSR count). The summed E-state index contributed by atoms with van der Waals surface area (Å²) in [6, 6.07) is 8.37. The van der Waals surface area contributed by atoms with Gasteiger partial charge in [-0.15, -0.1) is 5.10 Å². The average molecular weight is 423 g/mol. The van der Waals surface area contributed by atoms with Crippen LogP contribution in [0.5, 0.6) is 0 Å². The zero-order valence-corrected chi connectivity index (χ0v) is 16.2. The molecule has 3 N–H and O–H groups in total. The first-order valence-electron chi connectivity index (χ1n) is 8.66. The summed E-state index contributed by atoms with van der Waals surface area (Å²) in [4.78, 5) is 11.7. The number of aromatic nitrogens is 4. The minimum atomic E-state index is -0.393.